The lowest BCUT2D eigenvalue weighted by Gasteiger charge is -2.41. The van der Waals surface area contributed by atoms with Crippen molar-refractivity contribution in [2.24, 2.45) is 5.41 Å². The Morgan fingerprint density at radius 2 is 2.08 bits per heavy atom. The van der Waals surface area contributed by atoms with Gasteiger partial charge in [0.1, 0.15) is 5.82 Å². The number of amides is 1. The molecule has 2 fully saturated rings. The van der Waals surface area contributed by atoms with E-state index in [1.54, 1.807) is 13.2 Å². The van der Waals surface area contributed by atoms with Gasteiger partial charge in [-0.25, -0.2) is 4.39 Å². The zero-order valence-electron chi connectivity index (χ0n) is 14.1. The van der Waals surface area contributed by atoms with Crippen LogP contribution in [0.1, 0.15) is 29.6 Å². The number of ether oxygens (including phenoxy) is 2. The molecular weight excluding hydrogens is 311 g/mol. The van der Waals surface area contributed by atoms with Crippen molar-refractivity contribution in [1.29, 1.82) is 0 Å². The number of benzene rings is 1. The topological polar surface area (TPSA) is 50.8 Å². The average molecular weight is 336 g/mol. The summed E-state index contributed by atoms with van der Waals surface area (Å²) < 4.78 is 24.6. The van der Waals surface area contributed by atoms with Gasteiger partial charge in [0, 0.05) is 43.4 Å². The first-order valence-corrected chi connectivity index (χ1v) is 8.52. The lowest BCUT2D eigenvalue weighted by Crippen LogP contribution is -2.45. The van der Waals surface area contributed by atoms with Gasteiger partial charge in [-0.2, -0.15) is 0 Å². The van der Waals surface area contributed by atoms with E-state index in [0.717, 1.165) is 18.5 Å². The van der Waals surface area contributed by atoms with Crippen molar-refractivity contribution in [1.82, 2.24) is 5.32 Å². The fraction of sp³-hybridized carbons (Fsp3) is 0.611. The highest BCUT2D eigenvalue weighted by molar-refractivity contribution is 5.95. The predicted octanol–water partition coefficient (Wildman–Crippen LogP) is 2.21. The Bertz CT molecular complexity index is 584. The average Bonchev–Trinajstić information content (AvgIpc) is 2.57. The smallest absolute Gasteiger partial charge is 0.251 e. The first kappa shape index (κ1) is 17.2. The SMILES string of the molecule is COCC1(CNC(=O)c2cc(F)cc(N3CCOCC3)c2)CCC1. The van der Waals surface area contributed by atoms with E-state index in [2.05, 4.69) is 5.32 Å². The zero-order chi connectivity index (χ0) is 17.0. The number of carbonyl (C=O) groups is 1. The third kappa shape index (κ3) is 3.87. The second-order valence-electron chi connectivity index (χ2n) is 6.77. The van der Waals surface area contributed by atoms with E-state index in [4.69, 9.17) is 9.47 Å². The Kier molecular flexibility index (Phi) is 5.36. The zero-order valence-corrected chi connectivity index (χ0v) is 14.1. The van der Waals surface area contributed by atoms with Crippen molar-refractivity contribution in [3.05, 3.63) is 29.6 Å². The summed E-state index contributed by atoms with van der Waals surface area (Å²) in [5.41, 5.74) is 1.15. The first-order chi connectivity index (χ1) is 11.6. The van der Waals surface area contributed by atoms with Crippen LogP contribution in [0.4, 0.5) is 10.1 Å². The van der Waals surface area contributed by atoms with Crippen LogP contribution in [0.5, 0.6) is 0 Å². The fourth-order valence-corrected chi connectivity index (χ4v) is 3.43. The maximum Gasteiger partial charge on any atom is 0.251 e. The third-order valence-electron chi connectivity index (χ3n) is 5.01. The molecule has 1 aliphatic heterocycles. The fourth-order valence-electron chi connectivity index (χ4n) is 3.43. The summed E-state index contributed by atoms with van der Waals surface area (Å²) in [5.74, 6) is -0.620. The van der Waals surface area contributed by atoms with Gasteiger partial charge in [-0.15, -0.1) is 0 Å². The molecule has 0 aromatic heterocycles. The van der Waals surface area contributed by atoms with Crippen LogP contribution < -0.4 is 10.2 Å². The van der Waals surface area contributed by atoms with Crippen molar-refractivity contribution in [3.8, 4) is 0 Å². The van der Waals surface area contributed by atoms with E-state index >= 15 is 0 Å². The maximum absolute atomic E-state index is 14.0. The van der Waals surface area contributed by atoms with Crippen LogP contribution in [0.25, 0.3) is 0 Å². The normalized spacial score (nSPS) is 19.7. The number of morpholine rings is 1. The van der Waals surface area contributed by atoms with Gasteiger partial charge in [-0.3, -0.25) is 4.79 Å². The Morgan fingerprint density at radius 1 is 1.33 bits per heavy atom. The highest BCUT2D eigenvalue weighted by atomic mass is 19.1. The Balaban J connectivity index is 1.66. The minimum absolute atomic E-state index is 0.0464. The van der Waals surface area contributed by atoms with Crippen LogP contribution in [0, 0.1) is 11.2 Å². The minimum Gasteiger partial charge on any atom is -0.384 e. The molecule has 0 spiro atoms. The lowest BCUT2D eigenvalue weighted by atomic mass is 9.69. The number of rotatable bonds is 6. The van der Waals surface area contributed by atoms with Gasteiger partial charge in [0.05, 0.1) is 19.8 Å². The van der Waals surface area contributed by atoms with Crippen LogP contribution in [-0.2, 0) is 9.47 Å². The number of methoxy groups -OCH3 is 1. The van der Waals surface area contributed by atoms with Crippen LogP contribution >= 0.6 is 0 Å². The number of nitrogens with zero attached hydrogens (tertiary/aromatic N) is 1. The molecule has 0 atom stereocenters. The number of carbonyl (C=O) groups excluding carboxylic acids is 1. The van der Waals surface area contributed by atoms with Crippen molar-refractivity contribution in [2.45, 2.75) is 19.3 Å². The van der Waals surface area contributed by atoms with E-state index in [1.807, 2.05) is 4.90 Å². The van der Waals surface area contributed by atoms with E-state index in [9.17, 15) is 9.18 Å². The summed E-state index contributed by atoms with van der Waals surface area (Å²) in [6, 6.07) is 4.52. The number of hydrogen-bond donors (Lipinski definition) is 1. The number of hydrogen-bond acceptors (Lipinski definition) is 4. The molecule has 2 aliphatic rings. The largest absolute Gasteiger partial charge is 0.384 e. The highest BCUT2D eigenvalue weighted by Crippen LogP contribution is 2.40. The summed E-state index contributed by atoms with van der Waals surface area (Å²) in [6.07, 6.45) is 3.28. The molecule has 6 heteroatoms. The molecule has 132 valence electrons. The quantitative estimate of drug-likeness (QED) is 0.865. The second-order valence-corrected chi connectivity index (χ2v) is 6.77. The van der Waals surface area contributed by atoms with E-state index < -0.39 is 0 Å². The molecule has 0 unspecified atom stereocenters. The molecule has 1 saturated carbocycles. The summed E-state index contributed by atoms with van der Waals surface area (Å²) in [7, 11) is 1.68. The first-order valence-electron chi connectivity index (χ1n) is 8.52. The van der Waals surface area contributed by atoms with E-state index in [1.165, 1.54) is 18.6 Å². The van der Waals surface area contributed by atoms with Crippen molar-refractivity contribution >= 4 is 11.6 Å². The number of halogens is 1. The second kappa shape index (κ2) is 7.49. The number of nitrogens with one attached hydrogen (secondary N) is 1. The van der Waals surface area contributed by atoms with Crippen LogP contribution in [0.3, 0.4) is 0 Å². The van der Waals surface area contributed by atoms with E-state index in [0.29, 0.717) is 45.0 Å². The molecule has 3 rings (SSSR count). The predicted molar refractivity (Wildman–Crippen MR) is 89.9 cm³/mol. The van der Waals surface area contributed by atoms with Crippen LogP contribution in [0.2, 0.25) is 0 Å². The van der Waals surface area contributed by atoms with Crippen LogP contribution in [-0.4, -0.2) is 52.5 Å². The number of anilines is 1. The van der Waals surface area contributed by atoms with Crippen molar-refractivity contribution in [3.63, 3.8) is 0 Å². The molecule has 1 saturated heterocycles. The summed E-state index contributed by atoms with van der Waals surface area (Å²) >= 11 is 0. The molecule has 0 bridgehead atoms. The molecule has 24 heavy (non-hydrogen) atoms. The van der Waals surface area contributed by atoms with Gasteiger partial charge in [0.25, 0.3) is 5.91 Å². The van der Waals surface area contributed by atoms with Crippen LogP contribution in [0.15, 0.2) is 18.2 Å². The minimum atomic E-state index is -0.389. The maximum atomic E-state index is 14.0. The molecule has 1 amide bonds. The summed E-state index contributed by atoms with van der Waals surface area (Å²) in [4.78, 5) is 14.5. The van der Waals surface area contributed by atoms with Crippen molar-refractivity contribution < 1.29 is 18.7 Å². The lowest BCUT2D eigenvalue weighted by molar-refractivity contribution is 0.0180. The highest BCUT2D eigenvalue weighted by Gasteiger charge is 2.37. The molecule has 1 aliphatic carbocycles. The van der Waals surface area contributed by atoms with Gasteiger partial charge in [0.2, 0.25) is 0 Å². The molecule has 1 N–H and O–H groups in total. The molecule has 1 aromatic rings. The molecule has 0 radical (unpaired) electrons. The van der Waals surface area contributed by atoms with Gasteiger partial charge >= 0.3 is 0 Å². The van der Waals surface area contributed by atoms with Gasteiger partial charge in [0.15, 0.2) is 0 Å². The Hall–Kier alpha value is -1.66. The van der Waals surface area contributed by atoms with Gasteiger partial charge in [-0.1, -0.05) is 6.42 Å². The molecule has 5 nitrogen and oxygen atoms in total. The third-order valence-corrected chi connectivity index (χ3v) is 5.01. The van der Waals surface area contributed by atoms with E-state index in [-0.39, 0.29) is 17.1 Å². The van der Waals surface area contributed by atoms with Gasteiger partial charge < -0.3 is 19.7 Å². The van der Waals surface area contributed by atoms with Gasteiger partial charge in [-0.05, 0) is 31.0 Å². The van der Waals surface area contributed by atoms with Crippen molar-refractivity contribution in [2.75, 3.05) is 51.5 Å². The Morgan fingerprint density at radius 3 is 2.71 bits per heavy atom. The monoisotopic (exact) mass is 336 g/mol. The standard InChI is InChI=1S/C18H25FN2O3/c1-23-13-18(3-2-4-18)12-20-17(22)14-9-15(19)11-16(10-14)21-5-7-24-8-6-21/h9-11H,2-8,12-13H2,1H3,(H,20,22). The molecular formula is C18H25FN2O3. The molecule has 1 aromatic carbocycles. The molecule has 1 heterocycles. The summed E-state index contributed by atoms with van der Waals surface area (Å²) in [5, 5.41) is 2.96. The summed E-state index contributed by atoms with van der Waals surface area (Å²) in [6.45, 7) is 3.89. The Labute approximate surface area is 142 Å².